The predicted molar refractivity (Wildman–Crippen MR) is 118 cm³/mol. The number of hydrogen-bond acceptors (Lipinski definition) is 2. The van der Waals surface area contributed by atoms with E-state index in [1.54, 1.807) is 0 Å². The van der Waals surface area contributed by atoms with E-state index in [4.69, 9.17) is 5.11 Å². The normalized spacial score (nSPS) is 15.5. The molecule has 0 heterocycles. The minimum atomic E-state index is 0.344. The molecule has 0 saturated heterocycles. The first kappa shape index (κ1) is 25.3. The van der Waals surface area contributed by atoms with Gasteiger partial charge in [-0.2, -0.15) is 11.8 Å². The van der Waals surface area contributed by atoms with Crippen LogP contribution in [0.1, 0.15) is 105 Å². The largest absolute Gasteiger partial charge is 0.396 e. The van der Waals surface area contributed by atoms with Crippen LogP contribution in [-0.4, -0.2) is 23.2 Å². The van der Waals surface area contributed by atoms with Gasteiger partial charge in [0.2, 0.25) is 0 Å². The molecule has 0 rings (SSSR count). The summed E-state index contributed by atoms with van der Waals surface area (Å²) < 4.78 is 0. The highest BCUT2D eigenvalue weighted by Crippen LogP contribution is 2.23. The first-order valence-corrected chi connectivity index (χ1v) is 12.3. The van der Waals surface area contributed by atoms with Gasteiger partial charge in [0.15, 0.2) is 0 Å². The average molecular weight is 373 g/mol. The monoisotopic (exact) mass is 372 g/mol. The maximum atomic E-state index is 8.78. The Morgan fingerprint density at radius 1 is 0.560 bits per heavy atom. The number of rotatable bonds is 18. The molecule has 1 nitrogen and oxygen atoms in total. The van der Waals surface area contributed by atoms with Gasteiger partial charge in [0.05, 0.1) is 0 Å². The minimum Gasteiger partial charge on any atom is -0.396 e. The quantitative estimate of drug-likeness (QED) is 0.250. The molecule has 0 aromatic rings. The zero-order valence-corrected chi connectivity index (χ0v) is 18.9. The standard InChI is InChI=1S/C23H48OS/c1-20(2)10-6-11-21(3)12-7-13-22(4)14-8-15-23(5)16-19-25-18-9-17-24/h20-24H,6-19H2,1-5H3. The molecule has 2 heteroatoms. The van der Waals surface area contributed by atoms with Crippen LogP contribution in [-0.2, 0) is 0 Å². The van der Waals surface area contributed by atoms with E-state index in [1.807, 2.05) is 11.8 Å². The molecular formula is C23H48OS. The summed E-state index contributed by atoms with van der Waals surface area (Å²) in [5.74, 6) is 5.97. The summed E-state index contributed by atoms with van der Waals surface area (Å²) in [6, 6.07) is 0. The fraction of sp³-hybridized carbons (Fsp3) is 1.00. The second kappa shape index (κ2) is 17.7. The Morgan fingerprint density at radius 2 is 1.00 bits per heavy atom. The first-order valence-electron chi connectivity index (χ1n) is 11.1. The van der Waals surface area contributed by atoms with E-state index >= 15 is 0 Å². The average Bonchev–Trinajstić information content (AvgIpc) is 2.54. The highest BCUT2D eigenvalue weighted by atomic mass is 32.2. The molecule has 0 fully saturated rings. The van der Waals surface area contributed by atoms with Crippen LogP contribution in [0.5, 0.6) is 0 Å². The van der Waals surface area contributed by atoms with Gasteiger partial charge in [-0.3, -0.25) is 0 Å². The molecule has 0 saturated carbocycles. The van der Waals surface area contributed by atoms with Gasteiger partial charge in [0.1, 0.15) is 0 Å². The van der Waals surface area contributed by atoms with Crippen LogP contribution in [0.2, 0.25) is 0 Å². The Morgan fingerprint density at radius 3 is 1.44 bits per heavy atom. The van der Waals surface area contributed by atoms with Crippen molar-refractivity contribution in [2.75, 3.05) is 18.1 Å². The number of aliphatic hydroxyl groups excluding tert-OH is 1. The van der Waals surface area contributed by atoms with Crippen molar-refractivity contribution in [3.63, 3.8) is 0 Å². The van der Waals surface area contributed by atoms with E-state index in [9.17, 15) is 0 Å². The second-order valence-electron chi connectivity index (χ2n) is 8.98. The summed E-state index contributed by atoms with van der Waals surface area (Å²) in [6.45, 7) is 12.3. The molecule has 152 valence electrons. The lowest BCUT2D eigenvalue weighted by atomic mass is 9.91. The molecule has 0 bridgehead atoms. The third-order valence-corrected chi connectivity index (χ3v) is 6.57. The van der Waals surface area contributed by atoms with Gasteiger partial charge in [0.25, 0.3) is 0 Å². The van der Waals surface area contributed by atoms with Crippen molar-refractivity contribution in [3.05, 3.63) is 0 Å². The van der Waals surface area contributed by atoms with Crippen molar-refractivity contribution in [3.8, 4) is 0 Å². The molecule has 3 unspecified atom stereocenters. The van der Waals surface area contributed by atoms with E-state index < -0.39 is 0 Å². The van der Waals surface area contributed by atoms with Crippen LogP contribution in [0.25, 0.3) is 0 Å². The summed E-state index contributed by atoms with van der Waals surface area (Å²) in [4.78, 5) is 0. The number of thioether (sulfide) groups is 1. The maximum absolute atomic E-state index is 8.78. The highest BCUT2D eigenvalue weighted by molar-refractivity contribution is 7.99. The molecular weight excluding hydrogens is 324 g/mol. The summed E-state index contributed by atoms with van der Waals surface area (Å²) in [5.41, 5.74) is 0. The lowest BCUT2D eigenvalue weighted by Crippen LogP contribution is -2.02. The van der Waals surface area contributed by atoms with E-state index in [1.165, 1.54) is 70.0 Å². The lowest BCUT2D eigenvalue weighted by molar-refractivity contribution is 0.296. The van der Waals surface area contributed by atoms with Crippen molar-refractivity contribution in [2.24, 2.45) is 23.7 Å². The molecule has 0 aromatic heterocycles. The van der Waals surface area contributed by atoms with Crippen molar-refractivity contribution in [2.45, 2.75) is 105 Å². The van der Waals surface area contributed by atoms with E-state index in [-0.39, 0.29) is 0 Å². The fourth-order valence-electron chi connectivity index (χ4n) is 3.49. The van der Waals surface area contributed by atoms with Crippen LogP contribution >= 0.6 is 11.8 Å². The van der Waals surface area contributed by atoms with E-state index in [2.05, 4.69) is 34.6 Å². The highest BCUT2D eigenvalue weighted by Gasteiger charge is 2.08. The van der Waals surface area contributed by atoms with Crippen LogP contribution in [0.4, 0.5) is 0 Å². The van der Waals surface area contributed by atoms with Crippen molar-refractivity contribution >= 4 is 11.8 Å². The Balaban J connectivity index is 3.46. The molecule has 0 aromatic carbocycles. The van der Waals surface area contributed by atoms with Gasteiger partial charge in [-0.1, -0.05) is 92.4 Å². The van der Waals surface area contributed by atoms with Crippen LogP contribution in [0, 0.1) is 23.7 Å². The molecule has 1 N–H and O–H groups in total. The van der Waals surface area contributed by atoms with Crippen molar-refractivity contribution in [1.82, 2.24) is 0 Å². The minimum absolute atomic E-state index is 0.344. The molecule has 0 aliphatic carbocycles. The SMILES string of the molecule is CC(C)CCCC(C)CCCC(C)CCCC(C)CCSCCCO. The second-order valence-corrected chi connectivity index (χ2v) is 10.2. The maximum Gasteiger partial charge on any atom is 0.0438 e. The fourth-order valence-corrected chi connectivity index (χ4v) is 4.60. The lowest BCUT2D eigenvalue weighted by Gasteiger charge is -2.16. The Hall–Kier alpha value is 0.310. The predicted octanol–water partition coefficient (Wildman–Crippen LogP) is 7.57. The Kier molecular flexibility index (Phi) is 17.9. The topological polar surface area (TPSA) is 20.2 Å². The van der Waals surface area contributed by atoms with Gasteiger partial charge < -0.3 is 5.11 Å². The van der Waals surface area contributed by atoms with E-state index in [0.29, 0.717) is 6.61 Å². The molecule has 3 atom stereocenters. The smallest absolute Gasteiger partial charge is 0.0438 e. The molecule has 0 aliphatic heterocycles. The Bertz CT molecular complexity index is 267. The summed E-state index contributed by atoms with van der Waals surface area (Å²) in [5, 5.41) is 8.78. The Labute approximate surface area is 164 Å². The van der Waals surface area contributed by atoms with Gasteiger partial charge in [-0.05, 0) is 48.0 Å². The number of hydrogen-bond donors (Lipinski definition) is 1. The summed E-state index contributed by atoms with van der Waals surface area (Å²) >= 11 is 2.01. The van der Waals surface area contributed by atoms with Gasteiger partial charge in [-0.25, -0.2) is 0 Å². The van der Waals surface area contributed by atoms with Crippen LogP contribution in [0.3, 0.4) is 0 Å². The van der Waals surface area contributed by atoms with Crippen LogP contribution in [0.15, 0.2) is 0 Å². The van der Waals surface area contributed by atoms with Crippen molar-refractivity contribution in [1.29, 1.82) is 0 Å². The molecule has 0 radical (unpaired) electrons. The first-order chi connectivity index (χ1) is 12.0. The summed E-state index contributed by atoms with van der Waals surface area (Å²) in [6.07, 6.45) is 15.1. The van der Waals surface area contributed by atoms with Gasteiger partial charge in [0, 0.05) is 6.61 Å². The summed E-state index contributed by atoms with van der Waals surface area (Å²) in [7, 11) is 0. The van der Waals surface area contributed by atoms with E-state index in [0.717, 1.165) is 35.8 Å². The van der Waals surface area contributed by atoms with Crippen molar-refractivity contribution < 1.29 is 5.11 Å². The van der Waals surface area contributed by atoms with Crippen LogP contribution < -0.4 is 0 Å². The molecule has 0 amide bonds. The van der Waals surface area contributed by atoms with Gasteiger partial charge in [-0.15, -0.1) is 0 Å². The zero-order valence-electron chi connectivity index (χ0n) is 18.1. The molecule has 0 aliphatic rings. The molecule has 0 spiro atoms. The van der Waals surface area contributed by atoms with Gasteiger partial charge >= 0.3 is 0 Å². The molecule has 25 heavy (non-hydrogen) atoms. The zero-order chi connectivity index (χ0) is 18.9. The third-order valence-electron chi connectivity index (χ3n) is 5.47. The number of aliphatic hydroxyl groups is 1. The third kappa shape index (κ3) is 18.9.